The zero-order chi connectivity index (χ0) is 18.2. The van der Waals surface area contributed by atoms with Gasteiger partial charge in [0.05, 0.1) is 6.54 Å². The molecular weight excluding hydrogens is 344 g/mol. The van der Waals surface area contributed by atoms with E-state index in [4.69, 9.17) is 0 Å². The summed E-state index contributed by atoms with van der Waals surface area (Å²) >= 11 is 1.79. The minimum atomic E-state index is -0.0765. The second kappa shape index (κ2) is 9.43. The molecule has 2 aromatic carbocycles. The van der Waals surface area contributed by atoms with Crippen molar-refractivity contribution in [2.45, 2.75) is 18.1 Å². The van der Waals surface area contributed by atoms with E-state index in [9.17, 15) is 9.59 Å². The third kappa shape index (κ3) is 5.36. The van der Waals surface area contributed by atoms with Crippen LogP contribution in [0.5, 0.6) is 0 Å². The Morgan fingerprint density at radius 1 is 1.08 bits per heavy atom. The molecule has 0 bridgehead atoms. The molecular formula is C21H24N2O2S. The van der Waals surface area contributed by atoms with Gasteiger partial charge in [0, 0.05) is 36.9 Å². The van der Waals surface area contributed by atoms with E-state index < -0.39 is 0 Å². The molecule has 1 N–H and O–H groups in total. The Kier molecular flexibility index (Phi) is 6.72. The number of likely N-dealkylation sites (tertiary alicyclic amines) is 1. The van der Waals surface area contributed by atoms with Crippen molar-refractivity contribution in [3.05, 3.63) is 71.8 Å². The van der Waals surface area contributed by atoms with Gasteiger partial charge in [-0.2, -0.15) is 11.8 Å². The van der Waals surface area contributed by atoms with Crippen molar-refractivity contribution < 1.29 is 9.59 Å². The Labute approximate surface area is 159 Å². The lowest BCUT2D eigenvalue weighted by Gasteiger charge is -2.16. The molecule has 1 aliphatic heterocycles. The molecule has 4 nitrogen and oxygen atoms in total. The summed E-state index contributed by atoms with van der Waals surface area (Å²) in [6.07, 6.45) is 0.490. The maximum absolute atomic E-state index is 12.2. The van der Waals surface area contributed by atoms with Crippen LogP contribution >= 0.6 is 11.8 Å². The number of hydrogen-bond donors (Lipinski definition) is 1. The molecule has 0 aliphatic carbocycles. The monoisotopic (exact) mass is 368 g/mol. The van der Waals surface area contributed by atoms with Crippen LogP contribution in [0.1, 0.15) is 23.5 Å². The van der Waals surface area contributed by atoms with E-state index in [1.807, 2.05) is 48.5 Å². The van der Waals surface area contributed by atoms with Crippen molar-refractivity contribution in [1.29, 1.82) is 0 Å². The zero-order valence-electron chi connectivity index (χ0n) is 14.8. The summed E-state index contributed by atoms with van der Waals surface area (Å²) in [7, 11) is 0. The van der Waals surface area contributed by atoms with Crippen LogP contribution in [0.15, 0.2) is 60.7 Å². The van der Waals surface area contributed by atoms with E-state index in [0.29, 0.717) is 19.5 Å². The van der Waals surface area contributed by atoms with Crippen molar-refractivity contribution >= 4 is 23.6 Å². The number of thioether (sulfide) groups is 1. The second-order valence-electron chi connectivity index (χ2n) is 6.47. The van der Waals surface area contributed by atoms with Gasteiger partial charge >= 0.3 is 0 Å². The standard InChI is InChI=1S/C21H24N2O2S/c24-20(22-11-12-26-16-17-7-3-1-4-8-17)15-23-14-19(13-21(23)25)18-9-5-2-6-10-18/h1-10,19H,11-16H2,(H,22,24)/t19-/m1/s1. The minimum absolute atomic E-state index is 0.0625. The highest BCUT2D eigenvalue weighted by Crippen LogP contribution is 2.27. The lowest BCUT2D eigenvalue weighted by Crippen LogP contribution is -2.38. The molecule has 0 saturated carbocycles. The fourth-order valence-electron chi connectivity index (χ4n) is 3.13. The number of benzene rings is 2. The third-order valence-electron chi connectivity index (χ3n) is 4.50. The van der Waals surface area contributed by atoms with Gasteiger partial charge in [0.1, 0.15) is 0 Å². The van der Waals surface area contributed by atoms with Crippen LogP contribution in [0, 0.1) is 0 Å². The molecule has 0 radical (unpaired) electrons. The molecule has 26 heavy (non-hydrogen) atoms. The van der Waals surface area contributed by atoms with Crippen molar-refractivity contribution in [1.82, 2.24) is 10.2 Å². The van der Waals surface area contributed by atoms with E-state index in [2.05, 4.69) is 17.4 Å². The molecule has 2 amide bonds. The predicted molar refractivity (Wildman–Crippen MR) is 106 cm³/mol. The minimum Gasteiger partial charge on any atom is -0.354 e. The highest BCUT2D eigenvalue weighted by Gasteiger charge is 2.31. The highest BCUT2D eigenvalue weighted by molar-refractivity contribution is 7.98. The van der Waals surface area contributed by atoms with Crippen LogP contribution in [0.2, 0.25) is 0 Å². The molecule has 1 saturated heterocycles. The number of nitrogens with zero attached hydrogens (tertiary/aromatic N) is 1. The molecule has 0 spiro atoms. The number of amides is 2. The van der Waals surface area contributed by atoms with Gasteiger partial charge in [0.15, 0.2) is 0 Å². The Morgan fingerprint density at radius 3 is 2.50 bits per heavy atom. The first-order valence-electron chi connectivity index (χ1n) is 8.93. The van der Waals surface area contributed by atoms with E-state index >= 15 is 0 Å². The van der Waals surface area contributed by atoms with E-state index in [0.717, 1.165) is 11.5 Å². The van der Waals surface area contributed by atoms with Crippen LogP contribution in [0.4, 0.5) is 0 Å². The largest absolute Gasteiger partial charge is 0.354 e. The van der Waals surface area contributed by atoms with Crippen LogP contribution in [0.25, 0.3) is 0 Å². The van der Waals surface area contributed by atoms with Gasteiger partial charge in [-0.25, -0.2) is 0 Å². The molecule has 136 valence electrons. The van der Waals surface area contributed by atoms with E-state index in [1.54, 1.807) is 16.7 Å². The van der Waals surface area contributed by atoms with E-state index in [1.165, 1.54) is 11.1 Å². The Balaban J connectivity index is 1.35. The molecule has 0 aromatic heterocycles. The lowest BCUT2D eigenvalue weighted by atomic mass is 9.99. The fraction of sp³-hybridized carbons (Fsp3) is 0.333. The Bertz CT molecular complexity index is 721. The first kappa shape index (κ1) is 18.5. The molecule has 5 heteroatoms. The highest BCUT2D eigenvalue weighted by atomic mass is 32.2. The lowest BCUT2D eigenvalue weighted by molar-refractivity contribution is -0.133. The number of nitrogens with one attached hydrogen (secondary N) is 1. The first-order valence-corrected chi connectivity index (χ1v) is 10.1. The SMILES string of the molecule is O=C(CN1C[C@H](c2ccccc2)CC1=O)NCCSCc1ccccc1. The van der Waals surface area contributed by atoms with Gasteiger partial charge in [-0.1, -0.05) is 60.7 Å². The van der Waals surface area contributed by atoms with Gasteiger partial charge in [-0.05, 0) is 11.1 Å². The molecule has 2 aromatic rings. The van der Waals surface area contributed by atoms with Crippen LogP contribution in [-0.2, 0) is 15.3 Å². The number of hydrogen-bond acceptors (Lipinski definition) is 3. The maximum Gasteiger partial charge on any atom is 0.239 e. The number of carbonyl (C=O) groups excluding carboxylic acids is 2. The van der Waals surface area contributed by atoms with Gasteiger partial charge in [-0.3, -0.25) is 9.59 Å². The molecule has 1 fully saturated rings. The number of carbonyl (C=O) groups is 2. The average molecular weight is 369 g/mol. The van der Waals surface area contributed by atoms with Crippen LogP contribution < -0.4 is 5.32 Å². The summed E-state index contributed by atoms with van der Waals surface area (Å²) in [6, 6.07) is 20.3. The van der Waals surface area contributed by atoms with Crippen molar-refractivity contribution in [2.75, 3.05) is 25.4 Å². The average Bonchev–Trinajstić information content (AvgIpc) is 3.03. The molecule has 1 atom stereocenters. The summed E-state index contributed by atoms with van der Waals surface area (Å²) in [5.41, 5.74) is 2.46. The summed E-state index contributed by atoms with van der Waals surface area (Å²) in [6.45, 7) is 1.41. The van der Waals surface area contributed by atoms with Crippen LogP contribution in [-0.4, -0.2) is 42.1 Å². The van der Waals surface area contributed by atoms with Crippen molar-refractivity contribution in [3.63, 3.8) is 0 Å². The fourth-order valence-corrected chi connectivity index (χ4v) is 3.95. The Morgan fingerprint density at radius 2 is 1.77 bits per heavy atom. The topological polar surface area (TPSA) is 49.4 Å². The molecule has 3 rings (SSSR count). The number of rotatable bonds is 8. The third-order valence-corrected chi connectivity index (χ3v) is 5.53. The van der Waals surface area contributed by atoms with E-state index in [-0.39, 0.29) is 24.3 Å². The van der Waals surface area contributed by atoms with Crippen molar-refractivity contribution in [2.24, 2.45) is 0 Å². The molecule has 1 heterocycles. The quantitative estimate of drug-likeness (QED) is 0.729. The van der Waals surface area contributed by atoms with Gasteiger partial charge in [0.25, 0.3) is 0 Å². The predicted octanol–water partition coefficient (Wildman–Crippen LogP) is 3.05. The van der Waals surface area contributed by atoms with Gasteiger partial charge < -0.3 is 10.2 Å². The summed E-state index contributed by atoms with van der Waals surface area (Å²) < 4.78 is 0. The van der Waals surface area contributed by atoms with Gasteiger partial charge in [-0.15, -0.1) is 0 Å². The second-order valence-corrected chi connectivity index (χ2v) is 7.58. The maximum atomic E-state index is 12.2. The first-order chi connectivity index (χ1) is 12.7. The van der Waals surface area contributed by atoms with Gasteiger partial charge in [0.2, 0.25) is 11.8 Å². The normalized spacial score (nSPS) is 16.7. The Hall–Kier alpha value is -2.27. The van der Waals surface area contributed by atoms with Crippen LogP contribution in [0.3, 0.4) is 0 Å². The zero-order valence-corrected chi connectivity index (χ0v) is 15.6. The molecule has 1 aliphatic rings. The molecule has 0 unspecified atom stereocenters. The summed E-state index contributed by atoms with van der Waals surface area (Å²) in [4.78, 5) is 25.9. The summed E-state index contributed by atoms with van der Waals surface area (Å²) in [5, 5.41) is 2.92. The smallest absolute Gasteiger partial charge is 0.239 e. The van der Waals surface area contributed by atoms with Crippen molar-refractivity contribution in [3.8, 4) is 0 Å². The summed E-state index contributed by atoms with van der Waals surface area (Å²) in [5.74, 6) is 1.99.